The summed E-state index contributed by atoms with van der Waals surface area (Å²) in [4.78, 5) is 17.9. The van der Waals surface area contributed by atoms with E-state index < -0.39 is 11.3 Å². The second-order valence-corrected chi connectivity index (χ2v) is 8.45. The number of benzene rings is 2. The molecule has 0 radical (unpaired) electrons. The van der Waals surface area contributed by atoms with Crippen LogP contribution in [0.2, 0.25) is 0 Å². The Morgan fingerprint density at radius 1 is 1.06 bits per heavy atom. The topological polar surface area (TPSA) is 107 Å². The Morgan fingerprint density at radius 3 is 2.35 bits per heavy atom. The van der Waals surface area contributed by atoms with Gasteiger partial charge in [0.25, 0.3) is 5.56 Å². The Kier molecular flexibility index (Phi) is 8.10. The van der Waals surface area contributed by atoms with Crippen LogP contribution in [-0.4, -0.2) is 46.0 Å². The predicted molar refractivity (Wildman–Crippen MR) is 130 cm³/mol. The lowest BCUT2D eigenvalue weighted by molar-refractivity contribution is 0.0776. The molecule has 34 heavy (non-hydrogen) atoms. The molecule has 1 aromatic heterocycles. The first-order valence-electron chi connectivity index (χ1n) is 11.5. The van der Waals surface area contributed by atoms with Crippen LogP contribution < -0.4 is 10.9 Å². The first-order chi connectivity index (χ1) is 16.6. The van der Waals surface area contributed by atoms with Crippen molar-refractivity contribution in [3.8, 4) is 17.6 Å². The number of ether oxygens (including phenoxy) is 1. The van der Waals surface area contributed by atoms with Gasteiger partial charge in [-0.25, -0.2) is 4.98 Å². The number of aliphatic hydroxyl groups excluding tert-OH is 1. The highest BCUT2D eigenvalue weighted by atomic mass is 16.5. The minimum Gasteiger partial charge on any atom is -0.502 e. The van der Waals surface area contributed by atoms with E-state index in [4.69, 9.17) is 4.74 Å². The summed E-state index contributed by atoms with van der Waals surface area (Å²) in [7, 11) is 0. The van der Waals surface area contributed by atoms with Crippen molar-refractivity contribution in [3.05, 3.63) is 93.2 Å². The number of hydrogen-bond acceptors (Lipinski definition) is 6. The third kappa shape index (κ3) is 6.33. The molecule has 2 aromatic carbocycles. The number of aliphatic hydroxyl groups is 1. The van der Waals surface area contributed by atoms with E-state index in [-0.39, 0.29) is 24.6 Å². The van der Waals surface area contributed by atoms with Crippen LogP contribution in [0.4, 0.5) is 0 Å². The molecule has 0 amide bonds. The van der Waals surface area contributed by atoms with Crippen LogP contribution in [-0.2, 0) is 17.7 Å². The molecule has 1 unspecified atom stereocenters. The van der Waals surface area contributed by atoms with Crippen molar-refractivity contribution < 1.29 is 14.9 Å². The van der Waals surface area contributed by atoms with E-state index >= 15 is 0 Å². The van der Waals surface area contributed by atoms with Gasteiger partial charge in [0.05, 0.1) is 18.6 Å². The predicted octanol–water partition coefficient (Wildman–Crippen LogP) is 2.46. The van der Waals surface area contributed by atoms with Crippen molar-refractivity contribution in [2.24, 2.45) is 0 Å². The van der Waals surface area contributed by atoms with Gasteiger partial charge in [-0.05, 0) is 48.2 Å². The Morgan fingerprint density at radius 2 is 1.71 bits per heavy atom. The maximum atomic E-state index is 11.6. The van der Waals surface area contributed by atoms with E-state index in [0.29, 0.717) is 6.04 Å². The molecule has 1 saturated heterocycles. The SMILES string of the molecule is O=c1[nH]cnc(CC(CO)c2ccc(C#Cc3ccc(CNC4CCOCC4)cc3)cc2)c1O. The Bertz CT molecular complexity index is 1190. The third-order valence-corrected chi connectivity index (χ3v) is 6.07. The monoisotopic (exact) mass is 459 g/mol. The highest BCUT2D eigenvalue weighted by molar-refractivity contribution is 5.44. The van der Waals surface area contributed by atoms with E-state index in [2.05, 4.69) is 39.3 Å². The summed E-state index contributed by atoms with van der Waals surface area (Å²) >= 11 is 0. The smallest absolute Gasteiger partial charge is 0.293 e. The highest BCUT2D eigenvalue weighted by Gasteiger charge is 2.16. The summed E-state index contributed by atoms with van der Waals surface area (Å²) in [5, 5.41) is 23.3. The Balaban J connectivity index is 1.35. The fourth-order valence-corrected chi connectivity index (χ4v) is 3.95. The van der Waals surface area contributed by atoms with Crippen molar-refractivity contribution in [2.45, 2.75) is 37.8 Å². The zero-order valence-corrected chi connectivity index (χ0v) is 19.0. The normalized spacial score (nSPS) is 14.9. The van der Waals surface area contributed by atoms with Gasteiger partial charge in [0.2, 0.25) is 5.75 Å². The second kappa shape index (κ2) is 11.6. The van der Waals surface area contributed by atoms with E-state index in [9.17, 15) is 15.0 Å². The van der Waals surface area contributed by atoms with Gasteiger partial charge >= 0.3 is 0 Å². The molecule has 0 bridgehead atoms. The van der Waals surface area contributed by atoms with Crippen LogP contribution in [0.1, 0.15) is 46.7 Å². The van der Waals surface area contributed by atoms with Crippen molar-refractivity contribution >= 4 is 0 Å². The minimum atomic E-state index is -0.587. The lowest BCUT2D eigenvalue weighted by Gasteiger charge is -2.23. The molecule has 0 spiro atoms. The van der Waals surface area contributed by atoms with E-state index in [1.807, 2.05) is 36.4 Å². The zero-order chi connectivity index (χ0) is 23.8. The van der Waals surface area contributed by atoms with Gasteiger partial charge in [-0.15, -0.1) is 0 Å². The van der Waals surface area contributed by atoms with Gasteiger partial charge in [0.15, 0.2) is 0 Å². The molecule has 7 nitrogen and oxygen atoms in total. The fraction of sp³-hybridized carbons (Fsp3) is 0.333. The van der Waals surface area contributed by atoms with Crippen LogP contribution >= 0.6 is 0 Å². The van der Waals surface area contributed by atoms with Gasteiger partial charge in [-0.2, -0.15) is 0 Å². The molecule has 176 valence electrons. The van der Waals surface area contributed by atoms with Crippen molar-refractivity contribution in [1.82, 2.24) is 15.3 Å². The lowest BCUT2D eigenvalue weighted by atomic mass is 9.94. The largest absolute Gasteiger partial charge is 0.502 e. The van der Waals surface area contributed by atoms with E-state index in [1.54, 1.807) is 0 Å². The number of aromatic amines is 1. The molecule has 4 rings (SSSR count). The number of hydrogen-bond donors (Lipinski definition) is 4. The molecule has 0 aliphatic carbocycles. The summed E-state index contributed by atoms with van der Waals surface area (Å²) in [6.45, 7) is 2.39. The molecular weight excluding hydrogens is 430 g/mol. The number of aromatic hydroxyl groups is 1. The average Bonchev–Trinajstić information content (AvgIpc) is 2.89. The van der Waals surface area contributed by atoms with Crippen LogP contribution in [0.15, 0.2) is 59.7 Å². The Hall–Kier alpha value is -3.44. The highest BCUT2D eigenvalue weighted by Crippen LogP contribution is 2.22. The van der Waals surface area contributed by atoms with Crippen LogP contribution in [0, 0.1) is 11.8 Å². The van der Waals surface area contributed by atoms with Gasteiger partial charge in [-0.1, -0.05) is 36.1 Å². The number of nitrogens with zero attached hydrogens (tertiary/aromatic N) is 1. The molecule has 1 atom stereocenters. The van der Waals surface area contributed by atoms with Crippen LogP contribution in [0.25, 0.3) is 0 Å². The summed E-state index contributed by atoms with van der Waals surface area (Å²) in [6.07, 6.45) is 3.63. The maximum Gasteiger partial charge on any atom is 0.293 e. The lowest BCUT2D eigenvalue weighted by Crippen LogP contribution is -2.34. The molecule has 0 saturated carbocycles. The first kappa shape index (κ1) is 23.7. The number of nitrogens with one attached hydrogen (secondary N) is 2. The Labute approximate surface area is 198 Å². The second-order valence-electron chi connectivity index (χ2n) is 8.45. The summed E-state index contributed by atoms with van der Waals surface area (Å²) in [5.74, 6) is 5.67. The van der Waals surface area contributed by atoms with E-state index in [1.165, 1.54) is 11.9 Å². The number of rotatable bonds is 7. The maximum absolute atomic E-state index is 11.6. The number of H-pyrrole nitrogens is 1. The van der Waals surface area contributed by atoms with Gasteiger partial charge in [-0.3, -0.25) is 4.79 Å². The van der Waals surface area contributed by atoms with Gasteiger partial charge in [0.1, 0.15) is 0 Å². The molecule has 7 heteroatoms. The molecule has 3 aromatic rings. The minimum absolute atomic E-state index is 0.130. The summed E-state index contributed by atoms with van der Waals surface area (Å²) < 4.78 is 5.40. The third-order valence-electron chi connectivity index (χ3n) is 6.07. The molecule has 1 aliphatic heterocycles. The molecular formula is C27H29N3O4. The first-order valence-corrected chi connectivity index (χ1v) is 11.5. The van der Waals surface area contributed by atoms with Crippen molar-refractivity contribution in [3.63, 3.8) is 0 Å². The van der Waals surface area contributed by atoms with Gasteiger partial charge in [0, 0.05) is 49.3 Å². The van der Waals surface area contributed by atoms with Crippen LogP contribution in [0.3, 0.4) is 0 Å². The molecule has 4 N–H and O–H groups in total. The standard InChI is InChI=1S/C27H29N3O4/c31-17-23(15-25-26(32)27(33)30-18-29-25)22-9-7-20(8-10-22)2-1-19-3-5-21(6-4-19)16-28-24-11-13-34-14-12-24/h3-10,18,23-24,28,31-32H,11-17H2,(H,29,30,33). The molecule has 1 aliphatic rings. The van der Waals surface area contributed by atoms with Crippen LogP contribution in [0.5, 0.6) is 5.75 Å². The van der Waals surface area contributed by atoms with E-state index in [0.717, 1.165) is 49.3 Å². The number of aromatic nitrogens is 2. The molecule has 1 fully saturated rings. The summed E-state index contributed by atoms with van der Waals surface area (Å²) in [6, 6.07) is 16.4. The average molecular weight is 460 g/mol. The quantitative estimate of drug-likeness (QED) is 0.405. The zero-order valence-electron chi connectivity index (χ0n) is 19.0. The fourth-order valence-electron chi connectivity index (χ4n) is 3.95. The molecule has 2 heterocycles. The summed E-state index contributed by atoms with van der Waals surface area (Å²) in [5.41, 5.74) is 3.60. The van der Waals surface area contributed by atoms with Crippen molar-refractivity contribution in [2.75, 3.05) is 19.8 Å². The van der Waals surface area contributed by atoms with Gasteiger partial charge < -0.3 is 25.3 Å². The van der Waals surface area contributed by atoms with Crippen molar-refractivity contribution in [1.29, 1.82) is 0 Å².